The number of benzene rings is 1. The minimum atomic E-state index is -1.01. The van der Waals surface area contributed by atoms with Gasteiger partial charge in [-0.3, -0.25) is 0 Å². The number of nitrogens with one attached hydrogen (secondary N) is 1. The Morgan fingerprint density at radius 3 is 2.28 bits per heavy atom. The lowest BCUT2D eigenvalue weighted by atomic mass is 10.0. The summed E-state index contributed by atoms with van der Waals surface area (Å²) in [5, 5.41) is 19.3. The number of aromatic amines is 1. The lowest BCUT2D eigenvalue weighted by Gasteiger charge is -2.10. The van der Waals surface area contributed by atoms with Gasteiger partial charge in [0.15, 0.2) is 0 Å². The molecule has 0 saturated heterocycles. The summed E-state index contributed by atoms with van der Waals surface area (Å²) in [4.78, 5) is 13.8. The van der Waals surface area contributed by atoms with Gasteiger partial charge in [-0.05, 0) is 30.5 Å². The van der Waals surface area contributed by atoms with Crippen LogP contribution in [0.15, 0.2) is 30.3 Å². The van der Waals surface area contributed by atoms with E-state index >= 15 is 0 Å². The molecule has 0 aliphatic carbocycles. The maximum atomic E-state index is 11.0. The fourth-order valence-corrected chi connectivity index (χ4v) is 2.00. The summed E-state index contributed by atoms with van der Waals surface area (Å²) in [6.45, 7) is 3.54. The van der Waals surface area contributed by atoms with Gasteiger partial charge >= 0.3 is 5.97 Å². The molecule has 1 atom stereocenters. The van der Waals surface area contributed by atoms with Crippen molar-refractivity contribution in [3.8, 4) is 0 Å². The summed E-state index contributed by atoms with van der Waals surface area (Å²) in [5.41, 5.74) is 2.85. The number of carboxylic acids is 1. The normalized spacial score (nSPS) is 12.4. The number of aliphatic hydroxyl groups excluding tert-OH is 1. The topological polar surface area (TPSA) is 73.3 Å². The third-order valence-corrected chi connectivity index (χ3v) is 3.20. The van der Waals surface area contributed by atoms with Crippen LogP contribution in [0.3, 0.4) is 0 Å². The van der Waals surface area contributed by atoms with E-state index < -0.39 is 12.1 Å². The molecule has 4 heteroatoms. The first kappa shape index (κ1) is 12.4. The summed E-state index contributed by atoms with van der Waals surface area (Å²) < 4.78 is 0. The molecule has 0 radical (unpaired) electrons. The summed E-state index contributed by atoms with van der Waals surface area (Å²) in [7, 11) is 0. The highest BCUT2D eigenvalue weighted by atomic mass is 16.4. The quantitative estimate of drug-likeness (QED) is 0.777. The van der Waals surface area contributed by atoms with E-state index in [2.05, 4.69) is 4.98 Å². The zero-order valence-electron chi connectivity index (χ0n) is 10.3. The van der Waals surface area contributed by atoms with Crippen molar-refractivity contribution in [3.63, 3.8) is 0 Å². The lowest BCUT2D eigenvalue weighted by Crippen LogP contribution is -2.03. The Morgan fingerprint density at radius 1 is 1.17 bits per heavy atom. The molecular weight excluding hydrogens is 230 g/mol. The second-order valence-corrected chi connectivity index (χ2v) is 4.28. The monoisotopic (exact) mass is 245 g/mol. The first-order valence-electron chi connectivity index (χ1n) is 5.67. The van der Waals surface area contributed by atoms with Gasteiger partial charge in [-0.25, -0.2) is 4.79 Å². The van der Waals surface area contributed by atoms with Crippen molar-refractivity contribution < 1.29 is 15.0 Å². The molecule has 2 rings (SSSR count). The zero-order valence-corrected chi connectivity index (χ0v) is 10.3. The number of aliphatic hydroxyl groups is 1. The van der Waals surface area contributed by atoms with E-state index in [0.29, 0.717) is 11.3 Å². The highest BCUT2D eigenvalue weighted by Gasteiger charge is 2.21. The van der Waals surface area contributed by atoms with E-state index in [1.54, 1.807) is 26.0 Å². The Bertz CT molecular complexity index is 572. The number of carbonyl (C=O) groups is 1. The predicted molar refractivity (Wildman–Crippen MR) is 67.7 cm³/mol. The molecule has 0 aliphatic heterocycles. The first-order valence-corrected chi connectivity index (χ1v) is 5.67. The standard InChI is InChI=1S/C14H15NO3/c1-8-9(2)12(14(17)18)15-11(8)13(16)10-6-4-3-5-7-10/h3-7,13,15-16H,1-2H3,(H,17,18). The van der Waals surface area contributed by atoms with E-state index in [-0.39, 0.29) is 5.69 Å². The van der Waals surface area contributed by atoms with Crippen molar-refractivity contribution in [2.75, 3.05) is 0 Å². The van der Waals surface area contributed by atoms with Gasteiger partial charge in [0.05, 0.1) is 5.69 Å². The first-order chi connectivity index (χ1) is 8.52. The number of rotatable bonds is 3. The highest BCUT2D eigenvalue weighted by Crippen LogP contribution is 2.27. The molecule has 3 N–H and O–H groups in total. The van der Waals surface area contributed by atoms with Gasteiger partial charge in [0.1, 0.15) is 11.8 Å². The third kappa shape index (κ3) is 2.02. The number of H-pyrrole nitrogens is 1. The van der Waals surface area contributed by atoms with Gasteiger partial charge in [0.25, 0.3) is 0 Å². The van der Waals surface area contributed by atoms with Crippen LogP contribution in [-0.2, 0) is 0 Å². The van der Waals surface area contributed by atoms with Gasteiger partial charge in [-0.2, -0.15) is 0 Å². The largest absolute Gasteiger partial charge is 0.477 e. The smallest absolute Gasteiger partial charge is 0.352 e. The molecule has 0 spiro atoms. The fourth-order valence-electron chi connectivity index (χ4n) is 2.00. The van der Waals surface area contributed by atoms with E-state index in [4.69, 9.17) is 5.11 Å². The Balaban J connectivity index is 2.46. The summed E-state index contributed by atoms with van der Waals surface area (Å²) in [5.74, 6) is -1.01. The van der Waals surface area contributed by atoms with Crippen LogP contribution in [0.2, 0.25) is 0 Å². The lowest BCUT2D eigenvalue weighted by molar-refractivity contribution is 0.0690. The number of carboxylic acid groups (broad SMARTS) is 1. The van der Waals surface area contributed by atoms with E-state index in [9.17, 15) is 9.90 Å². The van der Waals surface area contributed by atoms with Crippen LogP contribution in [0.1, 0.15) is 39.0 Å². The number of hydrogen-bond donors (Lipinski definition) is 3. The van der Waals surface area contributed by atoms with Crippen molar-refractivity contribution in [1.29, 1.82) is 0 Å². The van der Waals surface area contributed by atoms with Gasteiger partial charge < -0.3 is 15.2 Å². The molecule has 4 nitrogen and oxygen atoms in total. The van der Waals surface area contributed by atoms with Gasteiger partial charge in [0, 0.05) is 0 Å². The molecule has 0 amide bonds. The molecule has 1 unspecified atom stereocenters. The van der Waals surface area contributed by atoms with Crippen molar-refractivity contribution >= 4 is 5.97 Å². The average molecular weight is 245 g/mol. The van der Waals surface area contributed by atoms with E-state index in [1.165, 1.54) is 0 Å². The van der Waals surface area contributed by atoms with Crippen LogP contribution in [0, 0.1) is 13.8 Å². The molecule has 1 aromatic heterocycles. The van der Waals surface area contributed by atoms with E-state index in [1.807, 2.05) is 18.2 Å². The van der Waals surface area contributed by atoms with Crippen molar-refractivity contribution in [2.45, 2.75) is 20.0 Å². The molecular formula is C14H15NO3. The molecule has 0 aliphatic rings. The Hall–Kier alpha value is -2.07. The van der Waals surface area contributed by atoms with Crippen molar-refractivity contribution in [2.24, 2.45) is 0 Å². The molecule has 0 fully saturated rings. The maximum Gasteiger partial charge on any atom is 0.352 e. The third-order valence-electron chi connectivity index (χ3n) is 3.20. The van der Waals surface area contributed by atoms with Gasteiger partial charge in [0.2, 0.25) is 0 Å². The summed E-state index contributed by atoms with van der Waals surface area (Å²) in [6.07, 6.45) is -0.835. The Kier molecular flexibility index (Phi) is 3.21. The number of aromatic carboxylic acids is 1. The number of aromatic nitrogens is 1. The van der Waals surface area contributed by atoms with Crippen LogP contribution < -0.4 is 0 Å². The summed E-state index contributed by atoms with van der Waals surface area (Å²) >= 11 is 0. The van der Waals surface area contributed by atoms with Crippen molar-refractivity contribution in [1.82, 2.24) is 4.98 Å². The van der Waals surface area contributed by atoms with Gasteiger partial charge in [-0.1, -0.05) is 30.3 Å². The average Bonchev–Trinajstić information content (AvgIpc) is 2.67. The molecule has 1 aromatic carbocycles. The van der Waals surface area contributed by atoms with E-state index in [0.717, 1.165) is 11.1 Å². The Morgan fingerprint density at radius 2 is 1.78 bits per heavy atom. The molecule has 1 heterocycles. The SMILES string of the molecule is Cc1c(C(=O)O)[nH]c(C(O)c2ccccc2)c1C. The number of hydrogen-bond acceptors (Lipinski definition) is 2. The van der Waals surface area contributed by atoms with Crippen LogP contribution >= 0.6 is 0 Å². The molecule has 18 heavy (non-hydrogen) atoms. The fraction of sp³-hybridized carbons (Fsp3) is 0.214. The second-order valence-electron chi connectivity index (χ2n) is 4.28. The maximum absolute atomic E-state index is 11.0. The molecule has 2 aromatic rings. The van der Waals surface area contributed by atoms with Crippen LogP contribution in [0.25, 0.3) is 0 Å². The minimum absolute atomic E-state index is 0.137. The Labute approximate surface area is 105 Å². The van der Waals surface area contributed by atoms with Crippen molar-refractivity contribution in [3.05, 3.63) is 58.4 Å². The predicted octanol–water partition coefficient (Wildman–Crippen LogP) is 2.41. The molecule has 94 valence electrons. The zero-order chi connectivity index (χ0) is 13.3. The minimum Gasteiger partial charge on any atom is -0.477 e. The van der Waals surface area contributed by atoms with Crippen LogP contribution in [0.4, 0.5) is 0 Å². The summed E-state index contributed by atoms with van der Waals surface area (Å²) in [6, 6.07) is 9.15. The highest BCUT2D eigenvalue weighted by molar-refractivity contribution is 5.88. The molecule has 0 bridgehead atoms. The van der Waals surface area contributed by atoms with Crippen LogP contribution in [0.5, 0.6) is 0 Å². The van der Waals surface area contributed by atoms with Crippen LogP contribution in [-0.4, -0.2) is 21.2 Å². The molecule has 0 saturated carbocycles. The van der Waals surface area contributed by atoms with Gasteiger partial charge in [-0.15, -0.1) is 0 Å². The second kappa shape index (κ2) is 4.66.